The lowest BCUT2D eigenvalue weighted by Crippen LogP contribution is -2.39. The van der Waals surface area contributed by atoms with Gasteiger partial charge in [0, 0.05) is 63.9 Å². The molecule has 1 saturated heterocycles. The molecule has 0 bridgehead atoms. The highest BCUT2D eigenvalue weighted by Crippen LogP contribution is 2.21. The van der Waals surface area contributed by atoms with E-state index in [4.69, 9.17) is 9.47 Å². The van der Waals surface area contributed by atoms with Crippen LogP contribution in [0.3, 0.4) is 0 Å². The number of hydrogen-bond donors (Lipinski definition) is 0. The summed E-state index contributed by atoms with van der Waals surface area (Å²) in [5.41, 5.74) is 0.658. The summed E-state index contributed by atoms with van der Waals surface area (Å²) < 4.78 is 10.8. The Morgan fingerprint density at radius 3 is 2.67 bits per heavy atom. The zero-order chi connectivity index (χ0) is 19.7. The maximum Gasteiger partial charge on any atom is 0.410 e. The third-order valence-electron chi connectivity index (χ3n) is 4.66. The summed E-state index contributed by atoms with van der Waals surface area (Å²) in [6, 6.07) is 0.425. The van der Waals surface area contributed by atoms with Gasteiger partial charge in [0.2, 0.25) is 0 Å². The number of carbonyl (C=O) groups is 1. The van der Waals surface area contributed by atoms with Crippen LogP contribution < -0.4 is 0 Å². The molecule has 7 heteroatoms. The van der Waals surface area contributed by atoms with E-state index >= 15 is 0 Å². The van der Waals surface area contributed by atoms with Crippen LogP contribution in [0.5, 0.6) is 0 Å². The minimum atomic E-state index is -0.456. The molecule has 1 aliphatic heterocycles. The number of carbonyl (C=O) groups excluding carboxylic acids is 1. The monoisotopic (exact) mass is 378 g/mol. The Morgan fingerprint density at radius 1 is 1.26 bits per heavy atom. The molecule has 152 valence electrons. The summed E-state index contributed by atoms with van der Waals surface area (Å²) in [5.74, 6) is 0. The van der Waals surface area contributed by atoms with Crippen LogP contribution in [0, 0.1) is 0 Å². The molecule has 0 radical (unpaired) electrons. The summed E-state index contributed by atoms with van der Waals surface area (Å²) in [7, 11) is 1.74. The van der Waals surface area contributed by atoms with E-state index in [1.54, 1.807) is 13.4 Å². The Morgan fingerprint density at radius 2 is 2.00 bits per heavy atom. The lowest BCUT2D eigenvalue weighted by Gasteiger charge is -2.31. The average Bonchev–Trinajstić information content (AvgIpc) is 2.87. The van der Waals surface area contributed by atoms with Crippen molar-refractivity contribution in [2.45, 2.75) is 64.6 Å². The molecule has 2 rings (SSSR count). The van der Waals surface area contributed by atoms with Gasteiger partial charge in [0.05, 0.1) is 0 Å². The second-order valence-electron chi connectivity index (χ2n) is 8.12. The summed E-state index contributed by atoms with van der Waals surface area (Å²) >= 11 is 0. The van der Waals surface area contributed by atoms with Gasteiger partial charge in [-0.1, -0.05) is 0 Å². The predicted molar refractivity (Wildman–Crippen MR) is 104 cm³/mol. The topological polar surface area (TPSA) is 67.8 Å². The van der Waals surface area contributed by atoms with Crippen molar-refractivity contribution in [2.75, 3.05) is 33.4 Å². The molecule has 1 fully saturated rings. The Hall–Kier alpha value is -1.73. The molecule has 0 saturated carbocycles. The minimum absolute atomic E-state index is 0.203. The molecule has 0 unspecified atom stereocenters. The summed E-state index contributed by atoms with van der Waals surface area (Å²) in [4.78, 5) is 25.0. The normalized spacial score (nSPS) is 18.4. The fourth-order valence-corrected chi connectivity index (χ4v) is 3.40. The molecule has 7 nitrogen and oxygen atoms in total. The van der Waals surface area contributed by atoms with Crippen LogP contribution in [0.15, 0.2) is 18.7 Å². The van der Waals surface area contributed by atoms with Gasteiger partial charge in [-0.25, -0.2) is 14.8 Å². The Kier molecular flexibility index (Phi) is 8.44. The Balaban J connectivity index is 1.97. The molecule has 27 heavy (non-hydrogen) atoms. The number of hydrogen-bond acceptors (Lipinski definition) is 6. The van der Waals surface area contributed by atoms with E-state index in [9.17, 15) is 4.79 Å². The lowest BCUT2D eigenvalue weighted by molar-refractivity contribution is 0.0252. The number of aromatic nitrogens is 2. The third-order valence-corrected chi connectivity index (χ3v) is 4.66. The van der Waals surface area contributed by atoms with Crippen molar-refractivity contribution in [1.82, 2.24) is 19.8 Å². The second-order valence-corrected chi connectivity index (χ2v) is 8.12. The largest absolute Gasteiger partial charge is 0.444 e. The van der Waals surface area contributed by atoms with Crippen LogP contribution in [-0.4, -0.2) is 70.9 Å². The zero-order valence-electron chi connectivity index (χ0n) is 17.2. The Labute approximate surface area is 163 Å². The first-order valence-corrected chi connectivity index (χ1v) is 9.84. The zero-order valence-corrected chi connectivity index (χ0v) is 17.2. The number of methoxy groups -OCH3 is 1. The first-order chi connectivity index (χ1) is 12.9. The first-order valence-electron chi connectivity index (χ1n) is 9.84. The maximum absolute atomic E-state index is 12.4. The van der Waals surface area contributed by atoms with E-state index in [1.807, 2.05) is 38.1 Å². The first kappa shape index (κ1) is 21.6. The summed E-state index contributed by atoms with van der Waals surface area (Å²) in [5, 5.41) is 0. The van der Waals surface area contributed by atoms with Gasteiger partial charge >= 0.3 is 6.09 Å². The highest BCUT2D eigenvalue weighted by atomic mass is 16.6. The highest BCUT2D eigenvalue weighted by Gasteiger charge is 2.27. The van der Waals surface area contributed by atoms with Gasteiger partial charge in [-0.2, -0.15) is 0 Å². The SMILES string of the molecule is COCCCN(Cc1cncnc1)[C@@H]1CCCN(C(=O)OC(C)(C)C)CC1. The number of ether oxygens (including phenoxy) is 2. The predicted octanol–water partition coefficient (Wildman–Crippen LogP) is 3.10. The van der Waals surface area contributed by atoms with E-state index in [1.165, 1.54) is 0 Å². The maximum atomic E-state index is 12.4. The minimum Gasteiger partial charge on any atom is -0.444 e. The smallest absolute Gasteiger partial charge is 0.410 e. The van der Waals surface area contributed by atoms with E-state index in [-0.39, 0.29) is 6.09 Å². The molecular formula is C20H34N4O3. The van der Waals surface area contributed by atoms with Crippen molar-refractivity contribution in [3.8, 4) is 0 Å². The fraction of sp³-hybridized carbons (Fsp3) is 0.750. The van der Waals surface area contributed by atoms with Gasteiger partial charge in [0.1, 0.15) is 11.9 Å². The molecule has 0 aromatic carbocycles. The molecule has 0 spiro atoms. The Bertz CT molecular complexity index is 562. The lowest BCUT2D eigenvalue weighted by atomic mass is 10.1. The molecule has 2 heterocycles. The van der Waals surface area contributed by atoms with Gasteiger partial charge in [0.15, 0.2) is 0 Å². The average molecular weight is 379 g/mol. The highest BCUT2D eigenvalue weighted by molar-refractivity contribution is 5.68. The number of likely N-dealkylation sites (tertiary alicyclic amines) is 1. The van der Waals surface area contributed by atoms with Crippen LogP contribution in [0.25, 0.3) is 0 Å². The van der Waals surface area contributed by atoms with Gasteiger partial charge in [-0.3, -0.25) is 4.90 Å². The van der Waals surface area contributed by atoms with E-state index < -0.39 is 5.60 Å². The van der Waals surface area contributed by atoms with E-state index in [0.717, 1.165) is 64.0 Å². The number of rotatable bonds is 7. The van der Waals surface area contributed by atoms with Crippen molar-refractivity contribution < 1.29 is 14.3 Å². The van der Waals surface area contributed by atoms with Crippen LogP contribution in [0.1, 0.15) is 52.0 Å². The quantitative estimate of drug-likeness (QED) is 0.679. The summed E-state index contributed by atoms with van der Waals surface area (Å²) in [6.45, 7) is 9.73. The fourth-order valence-electron chi connectivity index (χ4n) is 3.40. The van der Waals surface area contributed by atoms with E-state index in [0.29, 0.717) is 6.04 Å². The number of nitrogens with zero attached hydrogens (tertiary/aromatic N) is 4. The third kappa shape index (κ3) is 7.81. The van der Waals surface area contributed by atoms with Crippen molar-refractivity contribution in [3.05, 3.63) is 24.3 Å². The van der Waals surface area contributed by atoms with Crippen LogP contribution >= 0.6 is 0 Å². The van der Waals surface area contributed by atoms with Gasteiger partial charge in [0.25, 0.3) is 0 Å². The molecule has 1 aromatic heterocycles. The van der Waals surface area contributed by atoms with Crippen molar-refractivity contribution in [2.24, 2.45) is 0 Å². The molecule has 0 N–H and O–H groups in total. The standard InChI is InChI=1S/C20H34N4O3/c1-20(2,3)27-19(25)23-9-5-7-18(8-11-23)24(10-6-12-26-4)15-17-13-21-16-22-14-17/h13-14,16,18H,5-12,15H2,1-4H3/t18-/m1/s1. The van der Waals surface area contributed by atoms with Crippen LogP contribution in [0.4, 0.5) is 4.79 Å². The van der Waals surface area contributed by atoms with Crippen LogP contribution in [0.2, 0.25) is 0 Å². The van der Waals surface area contributed by atoms with Crippen molar-refractivity contribution in [3.63, 3.8) is 0 Å². The van der Waals surface area contributed by atoms with Crippen molar-refractivity contribution in [1.29, 1.82) is 0 Å². The molecule has 1 amide bonds. The van der Waals surface area contributed by atoms with Gasteiger partial charge < -0.3 is 14.4 Å². The molecule has 1 aliphatic rings. The second kappa shape index (κ2) is 10.6. The summed E-state index contributed by atoms with van der Waals surface area (Å²) in [6.07, 6.45) is 9.08. The van der Waals surface area contributed by atoms with Crippen molar-refractivity contribution >= 4 is 6.09 Å². The molecule has 0 aliphatic carbocycles. The molecular weight excluding hydrogens is 344 g/mol. The molecule has 1 aromatic rings. The van der Waals surface area contributed by atoms with E-state index in [2.05, 4.69) is 14.9 Å². The van der Waals surface area contributed by atoms with Gasteiger partial charge in [-0.15, -0.1) is 0 Å². The van der Waals surface area contributed by atoms with Gasteiger partial charge in [-0.05, 0) is 46.5 Å². The van der Waals surface area contributed by atoms with Crippen LogP contribution in [-0.2, 0) is 16.0 Å². The number of amides is 1. The molecule has 1 atom stereocenters.